The first-order valence-electron chi connectivity index (χ1n) is 7.20. The Morgan fingerprint density at radius 2 is 2.00 bits per heavy atom. The number of aryl methyl sites for hydroxylation is 1. The molecule has 5 heteroatoms. The summed E-state index contributed by atoms with van der Waals surface area (Å²) in [5, 5.41) is 7.50. The van der Waals surface area contributed by atoms with Crippen LogP contribution >= 0.6 is 0 Å². The number of carbonyl (C=O) groups excluding carboxylic acids is 1. The lowest BCUT2D eigenvalue weighted by Crippen LogP contribution is -2.23. The lowest BCUT2D eigenvalue weighted by Gasteiger charge is -2.07. The van der Waals surface area contributed by atoms with E-state index in [4.69, 9.17) is 5.73 Å². The number of nitrogens with zero attached hydrogens (tertiary/aromatic N) is 2. The topological polar surface area (TPSA) is 72.9 Å². The minimum absolute atomic E-state index is 0.0340. The van der Waals surface area contributed by atoms with Crippen LogP contribution in [0.5, 0.6) is 0 Å². The maximum atomic E-state index is 11.7. The molecule has 1 heterocycles. The Bertz CT molecular complexity index is 604. The second-order valence-electron chi connectivity index (χ2n) is 5.07. The van der Waals surface area contributed by atoms with Gasteiger partial charge >= 0.3 is 0 Å². The van der Waals surface area contributed by atoms with Gasteiger partial charge in [-0.15, -0.1) is 0 Å². The molecule has 5 nitrogen and oxygen atoms in total. The largest absolute Gasteiger partial charge is 0.352 e. The van der Waals surface area contributed by atoms with Crippen molar-refractivity contribution in [3.63, 3.8) is 0 Å². The van der Waals surface area contributed by atoms with E-state index in [1.165, 1.54) is 0 Å². The average molecular weight is 286 g/mol. The SMILES string of the molecule is Cc1nn(-c2ccccc2)c(C)c1CNC(=O)CCCN. The second-order valence-corrected chi connectivity index (χ2v) is 5.07. The van der Waals surface area contributed by atoms with Crippen LogP contribution in [-0.4, -0.2) is 22.2 Å². The highest BCUT2D eigenvalue weighted by atomic mass is 16.1. The average Bonchev–Trinajstić information content (AvgIpc) is 2.79. The molecule has 0 aliphatic heterocycles. The minimum atomic E-state index is 0.0340. The highest BCUT2D eigenvalue weighted by Gasteiger charge is 2.13. The van der Waals surface area contributed by atoms with E-state index in [0.717, 1.165) is 22.6 Å². The van der Waals surface area contributed by atoms with Crippen molar-refractivity contribution in [3.05, 3.63) is 47.3 Å². The smallest absolute Gasteiger partial charge is 0.220 e. The van der Waals surface area contributed by atoms with Crippen LogP contribution in [0.15, 0.2) is 30.3 Å². The maximum absolute atomic E-state index is 11.7. The number of nitrogens with two attached hydrogens (primary N) is 1. The van der Waals surface area contributed by atoms with Crippen LogP contribution in [0.4, 0.5) is 0 Å². The van der Waals surface area contributed by atoms with Gasteiger partial charge in [0.25, 0.3) is 0 Å². The fourth-order valence-electron chi connectivity index (χ4n) is 2.29. The number of hydrogen-bond donors (Lipinski definition) is 2. The van der Waals surface area contributed by atoms with Gasteiger partial charge in [-0.1, -0.05) is 18.2 Å². The molecule has 0 aliphatic rings. The van der Waals surface area contributed by atoms with Gasteiger partial charge in [-0.05, 0) is 38.9 Å². The van der Waals surface area contributed by atoms with Crippen molar-refractivity contribution in [2.75, 3.05) is 6.54 Å². The molecule has 3 N–H and O–H groups in total. The summed E-state index contributed by atoms with van der Waals surface area (Å²) in [4.78, 5) is 11.7. The van der Waals surface area contributed by atoms with Gasteiger partial charge in [-0.3, -0.25) is 4.79 Å². The Balaban J connectivity index is 2.11. The molecular formula is C16H22N4O. The second kappa shape index (κ2) is 7.04. The van der Waals surface area contributed by atoms with E-state index in [0.29, 0.717) is 25.9 Å². The molecule has 0 fully saturated rings. The summed E-state index contributed by atoms with van der Waals surface area (Å²) in [5.74, 6) is 0.0340. The third-order valence-electron chi connectivity index (χ3n) is 3.51. The first-order valence-corrected chi connectivity index (χ1v) is 7.20. The quantitative estimate of drug-likeness (QED) is 0.851. The molecule has 0 saturated carbocycles. The molecule has 1 amide bonds. The fourth-order valence-corrected chi connectivity index (χ4v) is 2.29. The van der Waals surface area contributed by atoms with Crippen molar-refractivity contribution in [2.45, 2.75) is 33.2 Å². The van der Waals surface area contributed by atoms with Crippen LogP contribution in [0.1, 0.15) is 29.8 Å². The summed E-state index contributed by atoms with van der Waals surface area (Å²) in [5.41, 5.74) is 9.50. The predicted molar refractivity (Wildman–Crippen MR) is 83.2 cm³/mol. The van der Waals surface area contributed by atoms with Crippen LogP contribution in [0.3, 0.4) is 0 Å². The minimum Gasteiger partial charge on any atom is -0.352 e. The molecule has 0 unspecified atom stereocenters. The molecule has 21 heavy (non-hydrogen) atoms. The fraction of sp³-hybridized carbons (Fsp3) is 0.375. The molecule has 0 atom stereocenters. The Kier molecular flexibility index (Phi) is 5.11. The van der Waals surface area contributed by atoms with Crippen molar-refractivity contribution in [3.8, 4) is 5.69 Å². The van der Waals surface area contributed by atoms with Gasteiger partial charge in [0.05, 0.1) is 11.4 Å². The molecule has 112 valence electrons. The summed E-state index contributed by atoms with van der Waals surface area (Å²) in [6, 6.07) is 9.99. The molecule has 0 radical (unpaired) electrons. The Hall–Kier alpha value is -2.14. The normalized spacial score (nSPS) is 10.6. The summed E-state index contributed by atoms with van der Waals surface area (Å²) < 4.78 is 1.91. The third kappa shape index (κ3) is 3.70. The summed E-state index contributed by atoms with van der Waals surface area (Å²) in [7, 11) is 0. The number of amides is 1. The predicted octanol–water partition coefficient (Wildman–Crippen LogP) is 1.84. The lowest BCUT2D eigenvalue weighted by molar-refractivity contribution is -0.121. The standard InChI is InChI=1S/C16H22N4O/c1-12-15(11-18-16(21)9-6-10-17)13(2)20(19-12)14-7-4-3-5-8-14/h3-5,7-8H,6,9-11,17H2,1-2H3,(H,18,21). The zero-order chi connectivity index (χ0) is 15.2. The summed E-state index contributed by atoms with van der Waals surface area (Å²) >= 11 is 0. The maximum Gasteiger partial charge on any atom is 0.220 e. The molecule has 1 aromatic heterocycles. The van der Waals surface area contributed by atoms with Gasteiger partial charge in [0.15, 0.2) is 0 Å². The van der Waals surface area contributed by atoms with Crippen LogP contribution in [0, 0.1) is 13.8 Å². The first kappa shape index (κ1) is 15.3. The molecule has 0 bridgehead atoms. The summed E-state index contributed by atoms with van der Waals surface area (Å²) in [6.45, 7) is 5.04. The molecular weight excluding hydrogens is 264 g/mol. The van der Waals surface area contributed by atoms with Crippen LogP contribution < -0.4 is 11.1 Å². The number of benzene rings is 1. The first-order chi connectivity index (χ1) is 10.1. The van der Waals surface area contributed by atoms with Crippen molar-refractivity contribution in [2.24, 2.45) is 5.73 Å². The number of para-hydroxylation sites is 1. The third-order valence-corrected chi connectivity index (χ3v) is 3.51. The van der Waals surface area contributed by atoms with E-state index >= 15 is 0 Å². The van der Waals surface area contributed by atoms with Gasteiger partial charge < -0.3 is 11.1 Å². The molecule has 2 aromatic rings. The van der Waals surface area contributed by atoms with Gasteiger partial charge in [0, 0.05) is 24.2 Å². The van der Waals surface area contributed by atoms with E-state index in [1.54, 1.807) is 0 Å². The molecule has 1 aromatic carbocycles. The van der Waals surface area contributed by atoms with Gasteiger partial charge in [-0.25, -0.2) is 4.68 Å². The van der Waals surface area contributed by atoms with Gasteiger partial charge in [0.2, 0.25) is 5.91 Å². The van der Waals surface area contributed by atoms with E-state index in [-0.39, 0.29) is 5.91 Å². The van der Waals surface area contributed by atoms with Crippen molar-refractivity contribution < 1.29 is 4.79 Å². The van der Waals surface area contributed by atoms with E-state index < -0.39 is 0 Å². The monoisotopic (exact) mass is 286 g/mol. The van der Waals surface area contributed by atoms with E-state index in [9.17, 15) is 4.79 Å². The number of hydrogen-bond acceptors (Lipinski definition) is 3. The number of rotatable bonds is 6. The van der Waals surface area contributed by atoms with E-state index in [2.05, 4.69) is 10.4 Å². The molecule has 0 aliphatic carbocycles. The number of aromatic nitrogens is 2. The van der Waals surface area contributed by atoms with Crippen LogP contribution in [0.2, 0.25) is 0 Å². The zero-order valence-corrected chi connectivity index (χ0v) is 12.6. The van der Waals surface area contributed by atoms with E-state index in [1.807, 2.05) is 48.9 Å². The zero-order valence-electron chi connectivity index (χ0n) is 12.6. The molecule has 2 rings (SSSR count). The molecule has 0 spiro atoms. The van der Waals surface area contributed by atoms with Crippen molar-refractivity contribution in [1.82, 2.24) is 15.1 Å². The highest BCUT2D eigenvalue weighted by molar-refractivity contribution is 5.75. The Morgan fingerprint density at radius 1 is 1.29 bits per heavy atom. The van der Waals surface area contributed by atoms with Gasteiger partial charge in [0.1, 0.15) is 0 Å². The number of nitrogens with one attached hydrogen (secondary N) is 1. The Morgan fingerprint density at radius 3 is 2.67 bits per heavy atom. The summed E-state index contributed by atoms with van der Waals surface area (Å²) in [6.07, 6.45) is 1.19. The van der Waals surface area contributed by atoms with Crippen LogP contribution in [0.25, 0.3) is 5.69 Å². The highest BCUT2D eigenvalue weighted by Crippen LogP contribution is 2.17. The molecule has 0 saturated heterocycles. The lowest BCUT2D eigenvalue weighted by atomic mass is 10.2. The van der Waals surface area contributed by atoms with Gasteiger partial charge in [-0.2, -0.15) is 5.10 Å². The van der Waals surface area contributed by atoms with Crippen molar-refractivity contribution in [1.29, 1.82) is 0 Å². The Labute approximate surface area is 125 Å². The van der Waals surface area contributed by atoms with Crippen LogP contribution in [-0.2, 0) is 11.3 Å². The number of carbonyl (C=O) groups is 1. The van der Waals surface area contributed by atoms with Crippen molar-refractivity contribution >= 4 is 5.91 Å².